The number of rotatable bonds is 3. The number of para-hydroxylation sites is 1. The smallest absolute Gasteiger partial charge is 0.191 e. The molecule has 2 N–H and O–H groups in total. The molecule has 0 amide bonds. The van der Waals surface area contributed by atoms with E-state index in [-0.39, 0.29) is 0 Å². The summed E-state index contributed by atoms with van der Waals surface area (Å²) in [5, 5.41) is 8.76. The number of nitrogens with zero attached hydrogens (tertiary/aromatic N) is 1. The van der Waals surface area contributed by atoms with E-state index in [9.17, 15) is 0 Å². The summed E-state index contributed by atoms with van der Waals surface area (Å²) < 4.78 is 0. The molecule has 0 radical (unpaired) electrons. The third kappa shape index (κ3) is 4.44. The highest BCUT2D eigenvalue weighted by molar-refractivity contribution is 7.80. The van der Waals surface area contributed by atoms with Gasteiger partial charge in [0.05, 0.1) is 11.2 Å². The molecule has 0 aliphatic carbocycles. The third-order valence-electron chi connectivity index (χ3n) is 3.05. The normalized spacial score (nSPS) is 10.7. The molecule has 0 aromatic heterocycles. The molecule has 114 valence electrons. The molecule has 0 spiro atoms. The maximum absolute atomic E-state index is 6.06. The Balaban J connectivity index is 1.99. The predicted octanol–water partition coefficient (Wildman–Crippen LogP) is 4.93. The van der Waals surface area contributed by atoms with E-state index in [0.717, 1.165) is 22.4 Å². The molecule has 0 unspecified atom stereocenters. The number of hydrogen-bond donors (Lipinski definition) is 2. The zero-order valence-corrected chi connectivity index (χ0v) is 14.5. The lowest BCUT2D eigenvalue weighted by Crippen LogP contribution is -2.24. The van der Waals surface area contributed by atoms with Crippen molar-refractivity contribution < 1.29 is 0 Å². The van der Waals surface area contributed by atoms with E-state index >= 15 is 0 Å². The first-order valence-electron chi connectivity index (χ1n) is 6.58. The molecule has 22 heavy (non-hydrogen) atoms. The third-order valence-corrected chi connectivity index (χ3v) is 3.81. The van der Waals surface area contributed by atoms with Gasteiger partial charge in [0.25, 0.3) is 0 Å². The molecule has 0 saturated heterocycles. The van der Waals surface area contributed by atoms with Crippen LogP contribution in [0.2, 0.25) is 10.0 Å². The molecule has 0 heterocycles. The lowest BCUT2D eigenvalue weighted by molar-refractivity contribution is 1.05. The van der Waals surface area contributed by atoms with E-state index in [1.54, 1.807) is 24.4 Å². The van der Waals surface area contributed by atoms with Gasteiger partial charge in [-0.25, -0.2) is 0 Å². The monoisotopic (exact) mass is 351 g/mol. The minimum Gasteiger partial charge on any atom is -0.331 e. The molecule has 2 rings (SSSR count). The van der Waals surface area contributed by atoms with Crippen LogP contribution in [-0.2, 0) is 0 Å². The SMILES string of the molecule is Cc1cccc(C)c1NC(=S)N/N=C\c1ccc(Cl)cc1Cl. The Hall–Kier alpha value is -1.62. The van der Waals surface area contributed by atoms with E-state index in [0.29, 0.717) is 15.2 Å². The van der Waals surface area contributed by atoms with Gasteiger partial charge in [0, 0.05) is 16.3 Å². The van der Waals surface area contributed by atoms with Gasteiger partial charge in [-0.2, -0.15) is 5.10 Å². The molecule has 2 aromatic carbocycles. The number of thiocarbonyl (C=S) groups is 1. The second-order valence-corrected chi connectivity index (χ2v) is 6.01. The lowest BCUT2D eigenvalue weighted by atomic mass is 10.1. The molecule has 0 bridgehead atoms. The average Bonchev–Trinajstić information content (AvgIpc) is 2.45. The molecular weight excluding hydrogens is 337 g/mol. The molecule has 3 nitrogen and oxygen atoms in total. The Morgan fingerprint density at radius 3 is 2.45 bits per heavy atom. The Labute approximate surface area is 145 Å². The second-order valence-electron chi connectivity index (χ2n) is 4.76. The first kappa shape index (κ1) is 16.7. The molecular formula is C16H15Cl2N3S. The van der Waals surface area contributed by atoms with Crippen molar-refractivity contribution in [1.29, 1.82) is 0 Å². The number of nitrogens with one attached hydrogen (secondary N) is 2. The van der Waals surface area contributed by atoms with Gasteiger partial charge in [-0.15, -0.1) is 0 Å². The molecule has 0 aliphatic heterocycles. The summed E-state index contributed by atoms with van der Waals surface area (Å²) in [5.74, 6) is 0. The Kier molecular flexibility index (Phi) is 5.77. The standard InChI is InChI=1S/C16H15Cl2N3S/c1-10-4-3-5-11(2)15(10)20-16(22)21-19-9-12-6-7-13(17)8-14(12)18/h3-9H,1-2H3,(H2,20,21,22)/b19-9-. The van der Waals surface area contributed by atoms with Crippen molar-refractivity contribution in [3.63, 3.8) is 0 Å². The van der Waals surface area contributed by atoms with Crippen LogP contribution < -0.4 is 10.7 Å². The van der Waals surface area contributed by atoms with Crippen LogP contribution in [0.3, 0.4) is 0 Å². The van der Waals surface area contributed by atoms with Crippen molar-refractivity contribution in [3.05, 3.63) is 63.1 Å². The maximum atomic E-state index is 6.06. The van der Waals surface area contributed by atoms with Crippen LogP contribution in [-0.4, -0.2) is 11.3 Å². The minimum absolute atomic E-state index is 0.415. The number of benzene rings is 2. The molecule has 2 aromatic rings. The van der Waals surface area contributed by atoms with Gasteiger partial charge in [0.2, 0.25) is 0 Å². The van der Waals surface area contributed by atoms with Crippen LogP contribution in [0, 0.1) is 13.8 Å². The van der Waals surface area contributed by atoms with Gasteiger partial charge in [0.1, 0.15) is 0 Å². The number of anilines is 1. The highest BCUT2D eigenvalue weighted by atomic mass is 35.5. The van der Waals surface area contributed by atoms with Gasteiger partial charge in [-0.3, -0.25) is 5.43 Å². The van der Waals surface area contributed by atoms with E-state index < -0.39 is 0 Å². The van der Waals surface area contributed by atoms with Crippen LogP contribution in [0.15, 0.2) is 41.5 Å². The van der Waals surface area contributed by atoms with Gasteiger partial charge < -0.3 is 5.32 Å². The van der Waals surface area contributed by atoms with Crippen molar-refractivity contribution in [2.45, 2.75) is 13.8 Å². The van der Waals surface area contributed by atoms with Gasteiger partial charge in [-0.05, 0) is 49.3 Å². The van der Waals surface area contributed by atoms with Crippen LogP contribution in [0.4, 0.5) is 5.69 Å². The summed E-state index contributed by atoms with van der Waals surface area (Å²) in [6.45, 7) is 4.05. The molecule has 6 heteroatoms. The fourth-order valence-corrected chi connectivity index (χ4v) is 2.53. The summed E-state index contributed by atoms with van der Waals surface area (Å²) >= 11 is 17.1. The van der Waals surface area contributed by atoms with Crippen molar-refractivity contribution in [3.8, 4) is 0 Å². The van der Waals surface area contributed by atoms with Crippen molar-refractivity contribution in [1.82, 2.24) is 5.43 Å². The summed E-state index contributed by atoms with van der Waals surface area (Å²) in [4.78, 5) is 0. The van der Waals surface area contributed by atoms with Gasteiger partial charge in [-0.1, -0.05) is 47.5 Å². The topological polar surface area (TPSA) is 36.4 Å². The van der Waals surface area contributed by atoms with Crippen molar-refractivity contribution in [2.24, 2.45) is 5.10 Å². The highest BCUT2D eigenvalue weighted by Crippen LogP contribution is 2.20. The molecule has 0 aliphatic rings. The number of aryl methyl sites for hydroxylation is 2. The van der Waals surface area contributed by atoms with Crippen LogP contribution in [0.1, 0.15) is 16.7 Å². The Bertz CT molecular complexity index is 709. The van der Waals surface area contributed by atoms with E-state index in [1.807, 2.05) is 32.0 Å². The Morgan fingerprint density at radius 2 is 1.82 bits per heavy atom. The fourth-order valence-electron chi connectivity index (χ4n) is 1.92. The zero-order chi connectivity index (χ0) is 16.1. The first-order chi connectivity index (χ1) is 10.5. The molecule has 0 saturated carbocycles. The maximum Gasteiger partial charge on any atom is 0.191 e. The second kappa shape index (κ2) is 7.58. The van der Waals surface area contributed by atoms with E-state index in [2.05, 4.69) is 15.8 Å². The van der Waals surface area contributed by atoms with E-state index in [4.69, 9.17) is 35.4 Å². The van der Waals surface area contributed by atoms with Crippen LogP contribution in [0.25, 0.3) is 0 Å². The average molecular weight is 352 g/mol. The predicted molar refractivity (Wildman–Crippen MR) is 99.3 cm³/mol. The quantitative estimate of drug-likeness (QED) is 0.467. The summed E-state index contributed by atoms with van der Waals surface area (Å²) in [6.07, 6.45) is 1.59. The summed E-state index contributed by atoms with van der Waals surface area (Å²) in [5.41, 5.74) is 6.76. The van der Waals surface area contributed by atoms with Crippen LogP contribution in [0.5, 0.6) is 0 Å². The summed E-state index contributed by atoms with van der Waals surface area (Å²) in [6, 6.07) is 11.3. The number of hydrogen-bond acceptors (Lipinski definition) is 2. The highest BCUT2D eigenvalue weighted by Gasteiger charge is 2.03. The molecule has 0 atom stereocenters. The summed E-state index contributed by atoms with van der Waals surface area (Å²) in [7, 11) is 0. The van der Waals surface area contributed by atoms with Crippen molar-refractivity contribution in [2.75, 3.05) is 5.32 Å². The fraction of sp³-hybridized carbons (Fsp3) is 0.125. The van der Waals surface area contributed by atoms with Crippen LogP contribution >= 0.6 is 35.4 Å². The number of hydrazone groups is 1. The van der Waals surface area contributed by atoms with Gasteiger partial charge in [0.15, 0.2) is 5.11 Å². The Morgan fingerprint density at radius 1 is 1.14 bits per heavy atom. The lowest BCUT2D eigenvalue weighted by Gasteiger charge is -2.12. The minimum atomic E-state index is 0.415. The largest absolute Gasteiger partial charge is 0.331 e. The first-order valence-corrected chi connectivity index (χ1v) is 7.75. The van der Waals surface area contributed by atoms with Gasteiger partial charge >= 0.3 is 0 Å². The van der Waals surface area contributed by atoms with E-state index in [1.165, 1.54) is 0 Å². The van der Waals surface area contributed by atoms with Crippen molar-refractivity contribution >= 4 is 52.4 Å². The number of halogens is 2. The zero-order valence-electron chi connectivity index (χ0n) is 12.2. The molecule has 0 fully saturated rings.